The van der Waals surface area contributed by atoms with E-state index in [1.165, 1.54) is 6.07 Å². The molecule has 0 aromatic heterocycles. The SMILES string of the molecule is CC(NC(=O)CCCCCl)c1cccc(C(F)(F)F)c1. The zero-order valence-corrected chi connectivity index (χ0v) is 11.9. The first-order valence-corrected chi connectivity index (χ1v) is 6.90. The van der Waals surface area contributed by atoms with Crippen LogP contribution in [0.2, 0.25) is 0 Å². The molecule has 1 aromatic rings. The molecular weight excluding hydrogens is 291 g/mol. The van der Waals surface area contributed by atoms with Gasteiger partial charge in [-0.2, -0.15) is 13.2 Å². The Morgan fingerprint density at radius 1 is 1.35 bits per heavy atom. The molecule has 0 radical (unpaired) electrons. The summed E-state index contributed by atoms with van der Waals surface area (Å²) in [7, 11) is 0. The molecule has 1 aromatic carbocycles. The van der Waals surface area contributed by atoms with Crippen LogP contribution in [-0.4, -0.2) is 11.8 Å². The van der Waals surface area contributed by atoms with Crippen molar-refractivity contribution in [2.45, 2.75) is 38.4 Å². The van der Waals surface area contributed by atoms with Gasteiger partial charge in [0.05, 0.1) is 11.6 Å². The van der Waals surface area contributed by atoms with Crippen LogP contribution in [0.4, 0.5) is 13.2 Å². The first-order valence-electron chi connectivity index (χ1n) is 6.37. The third-order valence-electron chi connectivity index (χ3n) is 2.88. The lowest BCUT2D eigenvalue weighted by atomic mass is 10.0. The monoisotopic (exact) mass is 307 g/mol. The van der Waals surface area contributed by atoms with Gasteiger partial charge in [-0.1, -0.05) is 12.1 Å². The highest BCUT2D eigenvalue weighted by Gasteiger charge is 2.30. The van der Waals surface area contributed by atoms with Gasteiger partial charge >= 0.3 is 6.18 Å². The van der Waals surface area contributed by atoms with Crippen LogP contribution in [0.25, 0.3) is 0 Å². The quantitative estimate of drug-likeness (QED) is 0.616. The first kappa shape index (κ1) is 16.8. The Hall–Kier alpha value is -1.23. The number of carbonyl (C=O) groups excluding carboxylic acids is 1. The van der Waals surface area contributed by atoms with Crippen molar-refractivity contribution in [1.82, 2.24) is 5.32 Å². The average Bonchev–Trinajstić information content (AvgIpc) is 2.38. The van der Waals surface area contributed by atoms with Gasteiger partial charge in [-0.25, -0.2) is 0 Å². The number of unbranched alkanes of at least 4 members (excludes halogenated alkanes) is 1. The van der Waals surface area contributed by atoms with Crippen molar-refractivity contribution in [2.24, 2.45) is 0 Å². The number of hydrogen-bond donors (Lipinski definition) is 1. The number of carbonyl (C=O) groups is 1. The van der Waals surface area contributed by atoms with Crippen LogP contribution in [0.5, 0.6) is 0 Å². The molecule has 0 spiro atoms. The minimum atomic E-state index is -4.37. The predicted molar refractivity (Wildman–Crippen MR) is 72.6 cm³/mol. The first-order chi connectivity index (χ1) is 9.34. The van der Waals surface area contributed by atoms with Crippen molar-refractivity contribution in [3.8, 4) is 0 Å². The molecular formula is C14H17ClF3NO. The lowest BCUT2D eigenvalue weighted by Gasteiger charge is -2.16. The Labute approximate surface area is 121 Å². The number of halogens is 4. The Kier molecular flexibility index (Phi) is 6.33. The fourth-order valence-electron chi connectivity index (χ4n) is 1.76. The molecule has 0 aliphatic carbocycles. The standard InChI is InChI=1S/C14H17ClF3NO/c1-10(19-13(20)7-2-3-8-15)11-5-4-6-12(9-11)14(16,17)18/h4-6,9-10H,2-3,7-8H2,1H3,(H,19,20). The Morgan fingerprint density at radius 2 is 2.05 bits per heavy atom. The molecule has 1 N–H and O–H groups in total. The third-order valence-corrected chi connectivity index (χ3v) is 3.15. The molecule has 1 rings (SSSR count). The lowest BCUT2D eigenvalue weighted by Crippen LogP contribution is -2.26. The van der Waals surface area contributed by atoms with Crippen molar-refractivity contribution in [1.29, 1.82) is 0 Å². The van der Waals surface area contributed by atoms with Gasteiger partial charge in [-0.3, -0.25) is 4.79 Å². The van der Waals surface area contributed by atoms with Crippen molar-refractivity contribution < 1.29 is 18.0 Å². The molecule has 1 amide bonds. The van der Waals surface area contributed by atoms with Crippen LogP contribution >= 0.6 is 11.6 Å². The van der Waals surface area contributed by atoms with Crippen LogP contribution in [-0.2, 0) is 11.0 Å². The van der Waals surface area contributed by atoms with E-state index in [0.717, 1.165) is 18.6 Å². The maximum Gasteiger partial charge on any atom is 0.416 e. The van der Waals surface area contributed by atoms with Gasteiger partial charge in [-0.15, -0.1) is 11.6 Å². The molecule has 112 valence electrons. The molecule has 20 heavy (non-hydrogen) atoms. The Balaban J connectivity index is 2.63. The Bertz CT molecular complexity index is 448. The predicted octanol–water partition coefficient (Wildman–Crippen LogP) is 4.29. The summed E-state index contributed by atoms with van der Waals surface area (Å²) in [4.78, 5) is 11.6. The van der Waals surface area contributed by atoms with Gasteiger partial charge in [0.15, 0.2) is 0 Å². The summed E-state index contributed by atoms with van der Waals surface area (Å²) in [6.07, 6.45) is -2.63. The molecule has 0 saturated carbocycles. The second-order valence-corrected chi connectivity index (χ2v) is 4.94. The fourth-order valence-corrected chi connectivity index (χ4v) is 1.95. The van der Waals surface area contributed by atoms with E-state index in [1.54, 1.807) is 13.0 Å². The van der Waals surface area contributed by atoms with Crippen LogP contribution in [0.3, 0.4) is 0 Å². The van der Waals surface area contributed by atoms with Crippen molar-refractivity contribution in [2.75, 3.05) is 5.88 Å². The van der Waals surface area contributed by atoms with Gasteiger partial charge in [0, 0.05) is 12.3 Å². The van der Waals surface area contributed by atoms with Crippen LogP contribution < -0.4 is 5.32 Å². The van der Waals surface area contributed by atoms with E-state index < -0.39 is 17.8 Å². The van der Waals surface area contributed by atoms with Gasteiger partial charge in [-0.05, 0) is 37.5 Å². The average molecular weight is 308 g/mol. The zero-order chi connectivity index (χ0) is 15.2. The summed E-state index contributed by atoms with van der Waals surface area (Å²) in [6, 6.07) is 4.52. The largest absolute Gasteiger partial charge is 0.416 e. The number of rotatable bonds is 6. The molecule has 1 atom stereocenters. The summed E-state index contributed by atoms with van der Waals surface area (Å²) in [5, 5.41) is 2.68. The molecule has 0 saturated heterocycles. The summed E-state index contributed by atoms with van der Waals surface area (Å²) in [5.74, 6) is 0.316. The van der Waals surface area contributed by atoms with E-state index in [2.05, 4.69) is 5.32 Å². The minimum Gasteiger partial charge on any atom is -0.350 e. The van der Waals surface area contributed by atoms with E-state index >= 15 is 0 Å². The second-order valence-electron chi connectivity index (χ2n) is 4.56. The van der Waals surface area contributed by atoms with E-state index in [9.17, 15) is 18.0 Å². The van der Waals surface area contributed by atoms with Gasteiger partial charge in [0.25, 0.3) is 0 Å². The van der Waals surface area contributed by atoms with Crippen LogP contribution in [0, 0.1) is 0 Å². The number of amides is 1. The molecule has 0 heterocycles. The highest BCUT2D eigenvalue weighted by molar-refractivity contribution is 6.17. The molecule has 0 bridgehead atoms. The van der Waals surface area contributed by atoms with E-state index in [1.807, 2.05) is 0 Å². The second kappa shape index (κ2) is 7.53. The number of alkyl halides is 4. The fraction of sp³-hybridized carbons (Fsp3) is 0.500. The smallest absolute Gasteiger partial charge is 0.350 e. The molecule has 1 unspecified atom stereocenters. The highest BCUT2D eigenvalue weighted by Crippen LogP contribution is 2.30. The van der Waals surface area contributed by atoms with E-state index in [4.69, 9.17) is 11.6 Å². The Morgan fingerprint density at radius 3 is 2.65 bits per heavy atom. The number of nitrogens with one attached hydrogen (secondary N) is 1. The van der Waals surface area contributed by atoms with E-state index in [0.29, 0.717) is 24.3 Å². The maximum atomic E-state index is 12.6. The van der Waals surface area contributed by atoms with Gasteiger partial charge < -0.3 is 5.32 Å². The van der Waals surface area contributed by atoms with Crippen molar-refractivity contribution in [3.63, 3.8) is 0 Å². The van der Waals surface area contributed by atoms with E-state index in [-0.39, 0.29) is 5.91 Å². The molecule has 0 aliphatic heterocycles. The summed E-state index contributed by atoms with van der Waals surface area (Å²) >= 11 is 5.51. The van der Waals surface area contributed by atoms with Crippen molar-refractivity contribution >= 4 is 17.5 Å². The summed E-state index contributed by atoms with van der Waals surface area (Å²) in [6.45, 7) is 1.66. The molecule has 0 fully saturated rings. The van der Waals surface area contributed by atoms with Crippen molar-refractivity contribution in [3.05, 3.63) is 35.4 Å². The third kappa shape index (κ3) is 5.41. The molecule has 0 aliphatic rings. The molecule has 2 nitrogen and oxygen atoms in total. The highest BCUT2D eigenvalue weighted by atomic mass is 35.5. The summed E-state index contributed by atoms with van der Waals surface area (Å²) < 4.78 is 37.8. The molecule has 6 heteroatoms. The topological polar surface area (TPSA) is 29.1 Å². The number of hydrogen-bond acceptors (Lipinski definition) is 1. The van der Waals surface area contributed by atoms with Gasteiger partial charge in [0.2, 0.25) is 5.91 Å². The lowest BCUT2D eigenvalue weighted by molar-refractivity contribution is -0.137. The summed E-state index contributed by atoms with van der Waals surface area (Å²) in [5.41, 5.74) is -0.274. The van der Waals surface area contributed by atoms with Crippen LogP contribution in [0.1, 0.15) is 43.4 Å². The minimum absolute atomic E-state index is 0.181. The normalized spacial score (nSPS) is 13.1. The van der Waals surface area contributed by atoms with Gasteiger partial charge in [0.1, 0.15) is 0 Å². The number of benzene rings is 1. The maximum absolute atomic E-state index is 12.6. The van der Waals surface area contributed by atoms with Crippen LogP contribution in [0.15, 0.2) is 24.3 Å². The zero-order valence-electron chi connectivity index (χ0n) is 11.1.